The molecule has 0 aliphatic rings. The van der Waals surface area contributed by atoms with Gasteiger partial charge >= 0.3 is 6.09 Å². The first-order valence-electron chi connectivity index (χ1n) is 17.3. The number of nitrogens with zero attached hydrogens (tertiary/aromatic N) is 2. The van der Waals surface area contributed by atoms with Crippen LogP contribution in [0.15, 0.2) is 48.5 Å². The molecule has 2 rings (SSSR count). The number of amides is 1. The van der Waals surface area contributed by atoms with Crippen LogP contribution >= 0.6 is 0 Å². The van der Waals surface area contributed by atoms with Crippen molar-refractivity contribution in [3.05, 3.63) is 74.3 Å². The molecule has 19 heteroatoms. The first kappa shape index (κ1) is 45.1. The molecule has 298 valence electrons. The molecule has 2 aromatic carbocycles. The van der Waals surface area contributed by atoms with Gasteiger partial charge in [0.1, 0.15) is 12.3 Å². The van der Waals surface area contributed by atoms with Gasteiger partial charge in [-0.1, -0.05) is 30.3 Å². The van der Waals surface area contributed by atoms with E-state index in [1.54, 1.807) is 0 Å². The second-order valence-electron chi connectivity index (χ2n) is 10.6. The van der Waals surface area contributed by atoms with E-state index >= 15 is 0 Å². The third kappa shape index (κ3) is 24.8. The van der Waals surface area contributed by atoms with Crippen molar-refractivity contribution >= 4 is 23.2 Å². The Labute approximate surface area is 308 Å². The molecule has 0 unspecified atom stereocenters. The van der Waals surface area contributed by atoms with Crippen LogP contribution in [0.4, 0.5) is 21.9 Å². The van der Waals surface area contributed by atoms with E-state index in [4.69, 9.17) is 47.4 Å². The molecule has 0 spiro atoms. The molecule has 0 bridgehead atoms. The number of nitrogens with one attached hydrogen (secondary N) is 2. The van der Waals surface area contributed by atoms with E-state index in [1.165, 1.54) is 12.1 Å². The minimum absolute atomic E-state index is 0.181. The number of alkyl carbamates (subject to hydrolysis) is 1. The fourth-order valence-electron chi connectivity index (χ4n) is 4.05. The third-order valence-electron chi connectivity index (χ3n) is 6.66. The van der Waals surface area contributed by atoms with Crippen LogP contribution in [0.25, 0.3) is 0 Å². The number of hydrogen-bond acceptors (Lipinski definition) is 16. The Morgan fingerprint density at radius 2 is 0.943 bits per heavy atom. The summed E-state index contributed by atoms with van der Waals surface area (Å²) in [5, 5.41) is 27.4. The highest BCUT2D eigenvalue weighted by atomic mass is 16.6. The molecule has 0 aromatic heterocycles. The largest absolute Gasteiger partial charge is 0.445 e. The Bertz CT molecular complexity index is 1250. The highest BCUT2D eigenvalue weighted by Gasteiger charge is 2.19. The van der Waals surface area contributed by atoms with Crippen molar-refractivity contribution < 1.29 is 62.0 Å². The Morgan fingerprint density at radius 3 is 1.36 bits per heavy atom. The van der Waals surface area contributed by atoms with Crippen LogP contribution < -0.4 is 10.6 Å². The fourth-order valence-corrected chi connectivity index (χ4v) is 4.05. The highest BCUT2D eigenvalue weighted by Crippen LogP contribution is 2.28. The molecule has 0 aliphatic heterocycles. The maximum Gasteiger partial charge on any atom is 0.407 e. The zero-order valence-corrected chi connectivity index (χ0v) is 30.0. The number of carbonyl (C=O) groups is 1. The maximum atomic E-state index is 11.6. The lowest BCUT2D eigenvalue weighted by Crippen LogP contribution is -2.28. The predicted octanol–water partition coefficient (Wildman–Crippen LogP) is 2.99. The van der Waals surface area contributed by atoms with Crippen LogP contribution in [-0.4, -0.2) is 148 Å². The topological polar surface area (TPSA) is 220 Å². The number of nitro benzene ring substituents is 2. The molecule has 2 aromatic rings. The molecule has 0 atom stereocenters. The molecule has 0 heterocycles. The zero-order chi connectivity index (χ0) is 38.0. The Balaban J connectivity index is 1.20. The van der Waals surface area contributed by atoms with Crippen LogP contribution in [0, 0.1) is 20.2 Å². The minimum Gasteiger partial charge on any atom is -0.445 e. The van der Waals surface area contributed by atoms with Crippen LogP contribution in [0.1, 0.15) is 5.56 Å². The van der Waals surface area contributed by atoms with Crippen molar-refractivity contribution in [3.8, 4) is 0 Å². The smallest absolute Gasteiger partial charge is 0.407 e. The van der Waals surface area contributed by atoms with E-state index in [2.05, 4.69) is 10.6 Å². The lowest BCUT2D eigenvalue weighted by Gasteiger charge is -2.09. The summed E-state index contributed by atoms with van der Waals surface area (Å²) >= 11 is 0. The SMILES string of the molecule is O=C(NCCOCCOCCOCCOCCOCCOCCOCCOCCOCCNc1ccc([N+](=O)[O-])cc1[N+](=O)[O-])OCc1ccccc1. The Morgan fingerprint density at radius 1 is 0.528 bits per heavy atom. The van der Waals surface area contributed by atoms with Gasteiger partial charge in [0.2, 0.25) is 0 Å². The molecular formula is C34H52N4O15. The average Bonchev–Trinajstić information content (AvgIpc) is 3.16. The number of rotatable bonds is 35. The van der Waals surface area contributed by atoms with Gasteiger partial charge in [0.15, 0.2) is 0 Å². The molecule has 19 nitrogen and oxygen atoms in total. The minimum atomic E-state index is -0.684. The van der Waals surface area contributed by atoms with Crippen LogP contribution in [0.5, 0.6) is 0 Å². The van der Waals surface area contributed by atoms with Crippen LogP contribution in [0.3, 0.4) is 0 Å². The van der Waals surface area contributed by atoms with Gasteiger partial charge in [-0.25, -0.2) is 4.79 Å². The van der Waals surface area contributed by atoms with E-state index in [9.17, 15) is 25.0 Å². The first-order chi connectivity index (χ1) is 26.0. The maximum absolute atomic E-state index is 11.6. The van der Waals surface area contributed by atoms with Gasteiger partial charge in [-0.2, -0.15) is 0 Å². The van der Waals surface area contributed by atoms with Gasteiger partial charge in [0.25, 0.3) is 11.4 Å². The van der Waals surface area contributed by atoms with E-state index in [-0.39, 0.29) is 36.8 Å². The molecule has 53 heavy (non-hydrogen) atoms. The van der Waals surface area contributed by atoms with E-state index in [1.807, 2.05) is 30.3 Å². The van der Waals surface area contributed by atoms with Crippen molar-refractivity contribution in [2.75, 3.05) is 137 Å². The third-order valence-corrected chi connectivity index (χ3v) is 6.66. The van der Waals surface area contributed by atoms with Crippen LogP contribution in [0.2, 0.25) is 0 Å². The standard InChI is InChI=1S/C34H52N4O15/c39-34(53-29-30-4-2-1-3-5-30)36-9-11-45-13-15-47-17-19-49-21-23-51-25-27-52-26-24-50-22-20-48-18-16-46-14-12-44-10-8-35-32-7-6-31(37(40)41)28-33(32)38(42)43/h1-7,28,35H,8-27,29H2,(H,36,39). The van der Waals surface area contributed by atoms with Gasteiger partial charge < -0.3 is 58.0 Å². The van der Waals surface area contributed by atoms with Gasteiger partial charge in [-0.15, -0.1) is 0 Å². The summed E-state index contributed by atoms with van der Waals surface area (Å²) in [6, 6.07) is 12.9. The van der Waals surface area contributed by atoms with Gasteiger partial charge in [0, 0.05) is 19.2 Å². The summed E-state index contributed by atoms with van der Waals surface area (Å²) in [5.41, 5.74) is 0.387. The summed E-state index contributed by atoms with van der Waals surface area (Å²) in [7, 11) is 0. The quantitative estimate of drug-likeness (QED) is 0.0587. The number of hydrogen-bond donors (Lipinski definition) is 2. The van der Waals surface area contributed by atoms with Crippen molar-refractivity contribution in [1.29, 1.82) is 0 Å². The number of nitro groups is 2. The summed E-state index contributed by atoms with van der Waals surface area (Å²) in [4.78, 5) is 32.2. The summed E-state index contributed by atoms with van der Waals surface area (Å²) in [6.07, 6.45) is -0.483. The number of carbonyl (C=O) groups excluding carboxylic acids is 1. The number of benzene rings is 2. The van der Waals surface area contributed by atoms with E-state index in [0.29, 0.717) is 119 Å². The monoisotopic (exact) mass is 756 g/mol. The van der Waals surface area contributed by atoms with Crippen molar-refractivity contribution in [2.24, 2.45) is 0 Å². The summed E-state index contributed by atoms with van der Waals surface area (Å²) < 4.78 is 54.1. The number of ether oxygens (including phenoxy) is 10. The van der Waals surface area contributed by atoms with Gasteiger partial charge in [0.05, 0.1) is 135 Å². The molecule has 0 aliphatic carbocycles. The molecular weight excluding hydrogens is 704 g/mol. The predicted molar refractivity (Wildman–Crippen MR) is 190 cm³/mol. The van der Waals surface area contributed by atoms with E-state index in [0.717, 1.165) is 11.6 Å². The lowest BCUT2D eigenvalue weighted by atomic mass is 10.2. The van der Waals surface area contributed by atoms with Crippen LogP contribution in [-0.2, 0) is 54.0 Å². The molecule has 0 saturated carbocycles. The molecule has 0 saturated heterocycles. The summed E-state index contributed by atoms with van der Waals surface area (Å²) in [5.74, 6) is 0. The Kier molecular flexibility index (Phi) is 26.8. The second-order valence-corrected chi connectivity index (χ2v) is 10.6. The Hall–Kier alpha value is -4.05. The second kappa shape index (κ2) is 31.5. The highest BCUT2D eigenvalue weighted by molar-refractivity contribution is 5.67. The van der Waals surface area contributed by atoms with Crippen molar-refractivity contribution in [1.82, 2.24) is 5.32 Å². The summed E-state index contributed by atoms with van der Waals surface area (Å²) in [6.45, 7) is 8.28. The molecule has 0 radical (unpaired) electrons. The molecule has 1 amide bonds. The molecule has 0 fully saturated rings. The molecule has 2 N–H and O–H groups in total. The zero-order valence-electron chi connectivity index (χ0n) is 30.0. The lowest BCUT2D eigenvalue weighted by molar-refractivity contribution is -0.393. The van der Waals surface area contributed by atoms with Gasteiger partial charge in [-0.3, -0.25) is 20.2 Å². The fraction of sp³-hybridized carbons (Fsp3) is 0.618. The number of anilines is 1. The normalized spacial score (nSPS) is 11.0. The van der Waals surface area contributed by atoms with Gasteiger partial charge in [-0.05, 0) is 11.6 Å². The van der Waals surface area contributed by atoms with Crippen molar-refractivity contribution in [2.45, 2.75) is 6.61 Å². The van der Waals surface area contributed by atoms with E-state index < -0.39 is 15.9 Å². The first-order valence-corrected chi connectivity index (χ1v) is 17.3. The van der Waals surface area contributed by atoms with Crippen molar-refractivity contribution in [3.63, 3.8) is 0 Å². The number of non-ortho nitro benzene ring substituents is 1. The average molecular weight is 757 g/mol.